The van der Waals surface area contributed by atoms with E-state index in [0.717, 1.165) is 12.1 Å². The van der Waals surface area contributed by atoms with E-state index in [1.54, 1.807) is 0 Å². The lowest BCUT2D eigenvalue weighted by Crippen LogP contribution is -2.05. The van der Waals surface area contributed by atoms with E-state index in [-0.39, 0.29) is 0 Å². The van der Waals surface area contributed by atoms with Gasteiger partial charge in [0.2, 0.25) is 0 Å². The van der Waals surface area contributed by atoms with Crippen molar-refractivity contribution in [2.75, 3.05) is 7.05 Å². The summed E-state index contributed by atoms with van der Waals surface area (Å²) in [5.41, 5.74) is 11.0. The molecule has 0 aromatic heterocycles. The fourth-order valence-corrected chi connectivity index (χ4v) is 3.55. The van der Waals surface area contributed by atoms with Crippen molar-refractivity contribution in [1.82, 2.24) is 0 Å². The lowest BCUT2D eigenvalue weighted by atomic mass is 9.87. The molecule has 0 atom stereocenters. The molecule has 0 unspecified atom stereocenters. The van der Waals surface area contributed by atoms with Crippen molar-refractivity contribution in [2.45, 2.75) is 34.1 Å². The Balaban J connectivity index is 2.24. The molecule has 2 aromatic carbocycles. The fourth-order valence-electron chi connectivity index (χ4n) is 3.55. The van der Waals surface area contributed by atoms with E-state index in [2.05, 4.69) is 92.3 Å². The first-order valence-electron chi connectivity index (χ1n) is 9.75. The van der Waals surface area contributed by atoms with Crippen molar-refractivity contribution < 1.29 is 0 Å². The van der Waals surface area contributed by atoms with E-state index >= 15 is 0 Å². The Morgan fingerprint density at radius 1 is 1.07 bits per heavy atom. The molecule has 0 fully saturated rings. The van der Waals surface area contributed by atoms with Crippen LogP contribution in [0.4, 0.5) is 0 Å². The lowest BCUT2D eigenvalue weighted by Gasteiger charge is -2.18. The summed E-state index contributed by atoms with van der Waals surface area (Å²) in [7, 11) is 1.86. The normalized spacial score (nSPS) is 16.5. The van der Waals surface area contributed by atoms with E-state index in [9.17, 15) is 0 Å². The van der Waals surface area contributed by atoms with Crippen LogP contribution in [0.15, 0.2) is 76.4 Å². The summed E-state index contributed by atoms with van der Waals surface area (Å²) in [4.78, 5) is 8.86. The minimum absolute atomic E-state index is 0.914. The molecular formula is C26H28N2. The van der Waals surface area contributed by atoms with Gasteiger partial charge in [0.1, 0.15) is 0 Å². The lowest BCUT2D eigenvalue weighted by molar-refractivity contribution is 1.26. The fraction of sp³-hybridized carbons (Fsp3) is 0.231. The van der Waals surface area contributed by atoms with E-state index in [1.807, 2.05) is 19.5 Å². The topological polar surface area (TPSA) is 24.7 Å². The van der Waals surface area contributed by atoms with Crippen LogP contribution in [0, 0.1) is 0 Å². The van der Waals surface area contributed by atoms with Gasteiger partial charge in [-0.25, -0.2) is 0 Å². The highest BCUT2D eigenvalue weighted by atomic mass is 14.7. The van der Waals surface area contributed by atoms with Gasteiger partial charge in [-0.15, -0.1) is 0 Å². The maximum Gasteiger partial charge on any atom is 0.0398 e. The third kappa shape index (κ3) is 3.96. The maximum absolute atomic E-state index is 4.54. The highest BCUT2D eigenvalue weighted by Gasteiger charge is 2.16. The summed E-state index contributed by atoms with van der Waals surface area (Å²) in [5.74, 6) is 0. The second-order valence-electron chi connectivity index (χ2n) is 7.11. The van der Waals surface area contributed by atoms with Crippen molar-refractivity contribution in [3.63, 3.8) is 0 Å². The minimum atomic E-state index is 0.914. The van der Waals surface area contributed by atoms with Crippen LogP contribution < -0.4 is 0 Å². The first-order chi connectivity index (χ1) is 13.6. The van der Waals surface area contributed by atoms with Gasteiger partial charge in [0.05, 0.1) is 0 Å². The molecule has 142 valence electrons. The number of rotatable bonds is 4. The van der Waals surface area contributed by atoms with Gasteiger partial charge in [-0.05, 0) is 79.2 Å². The summed E-state index contributed by atoms with van der Waals surface area (Å²) in [6.07, 6.45) is 9.01. The van der Waals surface area contributed by atoms with Crippen molar-refractivity contribution in [1.29, 1.82) is 0 Å². The molecule has 3 rings (SSSR count). The molecule has 0 saturated heterocycles. The first kappa shape index (κ1) is 19.8. The summed E-state index contributed by atoms with van der Waals surface area (Å²) < 4.78 is 0. The van der Waals surface area contributed by atoms with Crippen molar-refractivity contribution >= 4 is 23.1 Å². The van der Waals surface area contributed by atoms with E-state index < -0.39 is 0 Å². The van der Waals surface area contributed by atoms with Crippen LogP contribution in [0.3, 0.4) is 0 Å². The average molecular weight is 369 g/mol. The highest BCUT2D eigenvalue weighted by Crippen LogP contribution is 2.33. The Kier molecular flexibility index (Phi) is 6.20. The Labute approximate surface area is 168 Å². The van der Waals surface area contributed by atoms with Crippen LogP contribution in [-0.4, -0.2) is 19.0 Å². The Hall–Kier alpha value is -3.00. The van der Waals surface area contributed by atoms with Gasteiger partial charge in [-0.3, -0.25) is 9.98 Å². The highest BCUT2D eigenvalue weighted by molar-refractivity contribution is 6.09. The number of hydrogen-bond acceptors (Lipinski definition) is 2. The van der Waals surface area contributed by atoms with E-state index in [4.69, 9.17) is 0 Å². The van der Waals surface area contributed by atoms with Crippen molar-refractivity contribution in [3.05, 3.63) is 83.1 Å². The minimum Gasteiger partial charge on any atom is -0.293 e. The number of nitrogens with zero attached hydrogens (tertiary/aromatic N) is 2. The summed E-state index contributed by atoms with van der Waals surface area (Å²) in [5, 5.41) is 0. The van der Waals surface area contributed by atoms with Crippen LogP contribution in [0.1, 0.15) is 50.8 Å². The summed E-state index contributed by atoms with van der Waals surface area (Å²) in [6, 6.07) is 15.3. The standard InChI is InChI=1S/C26H28N2/c1-6-18(2)21-10-7-11-22(16-21)25-14-8-13-24(26(25)20(4)27-5)19(3)23-12-9-15-28-17-23/h6-11,13-17H,12H2,1-5H3/b18-6?,23-19-,27-20?. The number of aliphatic imine (C=N–C) groups is 2. The number of benzene rings is 2. The summed E-state index contributed by atoms with van der Waals surface area (Å²) in [6.45, 7) is 8.51. The molecule has 1 aliphatic heterocycles. The van der Waals surface area contributed by atoms with Gasteiger partial charge in [0, 0.05) is 30.7 Å². The van der Waals surface area contributed by atoms with Crippen LogP contribution in [0.2, 0.25) is 0 Å². The number of allylic oxidation sites excluding steroid dienone is 5. The molecule has 0 spiro atoms. The zero-order valence-electron chi connectivity index (χ0n) is 17.5. The molecule has 0 amide bonds. The summed E-state index contributed by atoms with van der Waals surface area (Å²) >= 11 is 0. The van der Waals surface area contributed by atoms with Gasteiger partial charge in [-0.1, -0.05) is 48.6 Å². The predicted octanol–water partition coefficient (Wildman–Crippen LogP) is 6.98. The molecule has 0 saturated carbocycles. The SMILES string of the molecule is CC=C(C)c1cccc(-c2cccc(/C(C)=C3\C=NC=CC3)c2C(C)=NC)c1. The quantitative estimate of drug-likeness (QED) is 0.520. The van der Waals surface area contributed by atoms with Crippen LogP contribution in [0.25, 0.3) is 22.3 Å². The first-order valence-corrected chi connectivity index (χ1v) is 9.75. The Bertz CT molecular complexity index is 1030. The van der Waals surface area contributed by atoms with Gasteiger partial charge < -0.3 is 0 Å². The second-order valence-corrected chi connectivity index (χ2v) is 7.11. The third-order valence-corrected chi connectivity index (χ3v) is 5.47. The van der Waals surface area contributed by atoms with Gasteiger partial charge in [0.25, 0.3) is 0 Å². The average Bonchev–Trinajstić information content (AvgIpc) is 2.77. The monoisotopic (exact) mass is 368 g/mol. The largest absolute Gasteiger partial charge is 0.293 e. The van der Waals surface area contributed by atoms with Crippen LogP contribution >= 0.6 is 0 Å². The maximum atomic E-state index is 4.54. The predicted molar refractivity (Wildman–Crippen MR) is 124 cm³/mol. The molecule has 2 heteroatoms. The zero-order chi connectivity index (χ0) is 20.1. The molecule has 2 aromatic rings. The second kappa shape index (κ2) is 8.79. The van der Waals surface area contributed by atoms with E-state index in [1.165, 1.54) is 44.5 Å². The molecule has 0 N–H and O–H groups in total. The third-order valence-electron chi connectivity index (χ3n) is 5.47. The zero-order valence-corrected chi connectivity index (χ0v) is 17.5. The molecule has 0 aliphatic carbocycles. The van der Waals surface area contributed by atoms with Gasteiger partial charge in [0.15, 0.2) is 0 Å². The van der Waals surface area contributed by atoms with E-state index in [0.29, 0.717) is 0 Å². The van der Waals surface area contributed by atoms with Crippen LogP contribution in [-0.2, 0) is 0 Å². The van der Waals surface area contributed by atoms with Crippen molar-refractivity contribution in [2.24, 2.45) is 9.98 Å². The van der Waals surface area contributed by atoms with Gasteiger partial charge in [-0.2, -0.15) is 0 Å². The molecule has 2 nitrogen and oxygen atoms in total. The van der Waals surface area contributed by atoms with Crippen molar-refractivity contribution in [3.8, 4) is 11.1 Å². The smallest absolute Gasteiger partial charge is 0.0398 e. The molecular weight excluding hydrogens is 340 g/mol. The molecule has 1 heterocycles. The molecule has 0 radical (unpaired) electrons. The Morgan fingerprint density at radius 2 is 1.86 bits per heavy atom. The Morgan fingerprint density at radius 3 is 2.54 bits per heavy atom. The molecule has 0 bridgehead atoms. The van der Waals surface area contributed by atoms with Gasteiger partial charge >= 0.3 is 0 Å². The molecule has 28 heavy (non-hydrogen) atoms. The van der Waals surface area contributed by atoms with Crippen LogP contribution in [0.5, 0.6) is 0 Å². The number of hydrogen-bond donors (Lipinski definition) is 0. The molecule has 1 aliphatic rings.